The molecule has 0 unspecified atom stereocenters. The first-order valence-corrected chi connectivity index (χ1v) is 1.92. The van der Waals surface area contributed by atoms with Gasteiger partial charge < -0.3 is 5.73 Å². The molecule has 52 valence electrons. The summed E-state index contributed by atoms with van der Waals surface area (Å²) in [5, 5.41) is 15.2. The molecule has 9 heavy (non-hydrogen) atoms. The second-order valence-electron chi connectivity index (χ2n) is 0.823. The lowest BCUT2D eigenvalue weighted by Gasteiger charge is -1.48. The molecule has 0 aliphatic carbocycles. The summed E-state index contributed by atoms with van der Waals surface area (Å²) in [5.74, 6) is 0. The minimum absolute atomic E-state index is 0. The number of nitrogens with zero attached hydrogens (tertiary/aromatic N) is 2. The maximum Gasteiger partial charge on any atom is 0.0765 e. The Kier molecular flexibility index (Phi) is 12.0. The summed E-state index contributed by atoms with van der Waals surface area (Å²) in [6, 6.07) is 0. The van der Waals surface area contributed by atoms with Crippen molar-refractivity contribution in [3.63, 3.8) is 0 Å². The van der Waals surface area contributed by atoms with Gasteiger partial charge in [0, 0.05) is 0 Å². The Balaban J connectivity index is 0. The number of hydrogen-bond acceptors (Lipinski definition) is 3. The number of aromatic amines is 1. The summed E-state index contributed by atoms with van der Waals surface area (Å²) >= 11 is 0. The van der Waals surface area contributed by atoms with Gasteiger partial charge in [0.25, 0.3) is 0 Å². The molecule has 0 atom stereocenters. The first-order valence-electron chi connectivity index (χ1n) is 1.92. The van der Waals surface area contributed by atoms with Crippen molar-refractivity contribution in [2.75, 3.05) is 0 Å². The van der Waals surface area contributed by atoms with Crippen molar-refractivity contribution < 1.29 is 0 Å². The molecule has 0 aliphatic rings. The van der Waals surface area contributed by atoms with Crippen LogP contribution in [0.5, 0.6) is 0 Å². The highest BCUT2D eigenvalue weighted by atomic mass is 35.5. The molecular weight excluding hydrogens is 142 g/mol. The van der Waals surface area contributed by atoms with Crippen molar-refractivity contribution >= 4 is 18.7 Å². The number of halogens is 1. The smallest absolute Gasteiger partial charge is 0.0765 e. The number of H-pyrrole nitrogens is 1. The number of hydrogen-bond donors (Lipinski definition) is 3. The number of aromatic nitrogens is 3. The summed E-state index contributed by atoms with van der Waals surface area (Å²) in [4.78, 5) is 0. The second-order valence-corrected chi connectivity index (χ2v) is 0.823. The molecule has 1 rings (SSSR count). The number of nitrogens with one attached hydrogen (secondary N) is 2. The van der Waals surface area contributed by atoms with Crippen LogP contribution >= 0.6 is 12.4 Å². The van der Waals surface area contributed by atoms with Crippen LogP contribution in [0.25, 0.3) is 0 Å². The fourth-order valence-electron chi connectivity index (χ4n) is 0.167. The van der Waals surface area contributed by atoms with Crippen molar-refractivity contribution in [2.24, 2.45) is 5.73 Å². The molecule has 1 heterocycles. The molecule has 6 heteroatoms. The van der Waals surface area contributed by atoms with Crippen LogP contribution in [-0.2, 0) is 0 Å². The highest BCUT2D eigenvalue weighted by Gasteiger charge is 1.57. The lowest BCUT2D eigenvalue weighted by molar-refractivity contribution is 0.940. The lowest BCUT2D eigenvalue weighted by Crippen LogP contribution is -1.81. The molecule has 0 radical (unpaired) electrons. The summed E-state index contributed by atoms with van der Waals surface area (Å²) < 4.78 is 0. The van der Waals surface area contributed by atoms with Crippen LogP contribution in [-0.4, -0.2) is 21.7 Å². The fourth-order valence-corrected chi connectivity index (χ4v) is 0.167. The molecular formula is C3H8ClN5. The van der Waals surface area contributed by atoms with Crippen LogP contribution in [0.1, 0.15) is 0 Å². The topological polar surface area (TPSA) is 91.4 Å². The largest absolute Gasteiger partial charge is 0.390 e. The van der Waals surface area contributed by atoms with E-state index < -0.39 is 0 Å². The Hall–Kier alpha value is -1.10. The minimum Gasteiger partial charge on any atom is -0.390 e. The molecule has 0 spiro atoms. The molecule has 0 aromatic carbocycles. The molecule has 0 saturated carbocycles. The average molecular weight is 150 g/mol. The highest BCUT2D eigenvalue weighted by molar-refractivity contribution is 5.85. The van der Waals surface area contributed by atoms with Gasteiger partial charge in [-0.1, -0.05) is 0 Å². The minimum atomic E-state index is 0. The van der Waals surface area contributed by atoms with Crippen LogP contribution in [0, 0.1) is 5.41 Å². The van der Waals surface area contributed by atoms with E-state index in [0.29, 0.717) is 0 Å². The second kappa shape index (κ2) is 10.0. The van der Waals surface area contributed by atoms with E-state index in [4.69, 9.17) is 5.41 Å². The van der Waals surface area contributed by atoms with Crippen LogP contribution in [0.3, 0.4) is 0 Å². The molecule has 0 fully saturated rings. The highest BCUT2D eigenvalue weighted by Crippen LogP contribution is 1.55. The van der Waals surface area contributed by atoms with Crippen molar-refractivity contribution in [1.29, 1.82) is 5.41 Å². The summed E-state index contributed by atoms with van der Waals surface area (Å²) in [7, 11) is 0. The van der Waals surface area contributed by atoms with E-state index in [0.717, 1.165) is 6.34 Å². The summed E-state index contributed by atoms with van der Waals surface area (Å²) in [5.41, 5.74) is 4.39. The van der Waals surface area contributed by atoms with E-state index in [9.17, 15) is 0 Å². The molecule has 1 aromatic rings. The molecule has 0 saturated heterocycles. The van der Waals surface area contributed by atoms with Gasteiger partial charge in [0.05, 0.1) is 18.7 Å². The molecule has 0 amide bonds. The maximum absolute atomic E-state index is 5.86. The van der Waals surface area contributed by atoms with Crippen molar-refractivity contribution in [2.45, 2.75) is 0 Å². The normalized spacial score (nSPS) is 5.78. The van der Waals surface area contributed by atoms with Gasteiger partial charge in [0.1, 0.15) is 0 Å². The van der Waals surface area contributed by atoms with E-state index in [1.807, 2.05) is 0 Å². The average Bonchev–Trinajstić information content (AvgIpc) is 2.17. The monoisotopic (exact) mass is 149 g/mol. The SMILES string of the molecule is Cl.N=CN.c1cn[nH]n1. The van der Waals surface area contributed by atoms with Gasteiger partial charge in [-0.2, -0.15) is 15.4 Å². The summed E-state index contributed by atoms with van der Waals surface area (Å²) in [6.07, 6.45) is 3.92. The Labute approximate surface area is 58.6 Å². The zero-order valence-electron chi connectivity index (χ0n) is 4.61. The van der Waals surface area contributed by atoms with Crippen LogP contribution in [0.4, 0.5) is 0 Å². The van der Waals surface area contributed by atoms with E-state index >= 15 is 0 Å². The van der Waals surface area contributed by atoms with E-state index in [1.54, 1.807) is 12.4 Å². The van der Waals surface area contributed by atoms with Gasteiger partial charge in [-0.05, 0) is 0 Å². The third kappa shape index (κ3) is 10.9. The van der Waals surface area contributed by atoms with Gasteiger partial charge in [0.2, 0.25) is 0 Å². The van der Waals surface area contributed by atoms with Crippen molar-refractivity contribution in [3.05, 3.63) is 12.4 Å². The molecule has 5 nitrogen and oxygen atoms in total. The van der Waals surface area contributed by atoms with Crippen LogP contribution in [0.2, 0.25) is 0 Å². The van der Waals surface area contributed by atoms with Crippen LogP contribution < -0.4 is 5.73 Å². The number of nitrogens with two attached hydrogens (primary N) is 1. The van der Waals surface area contributed by atoms with Crippen molar-refractivity contribution in [1.82, 2.24) is 15.4 Å². The Morgan fingerprint density at radius 2 is 1.78 bits per heavy atom. The quantitative estimate of drug-likeness (QED) is 0.352. The zero-order valence-corrected chi connectivity index (χ0v) is 5.43. The Bertz CT molecular complexity index is 98.5. The predicted molar refractivity (Wildman–Crippen MR) is 36.6 cm³/mol. The van der Waals surface area contributed by atoms with Gasteiger partial charge in [-0.3, -0.25) is 5.41 Å². The Morgan fingerprint density at radius 1 is 1.44 bits per heavy atom. The van der Waals surface area contributed by atoms with E-state index in [2.05, 4.69) is 21.1 Å². The third-order valence-corrected chi connectivity index (χ3v) is 0.331. The van der Waals surface area contributed by atoms with Gasteiger partial charge >= 0.3 is 0 Å². The number of rotatable bonds is 0. The lowest BCUT2D eigenvalue weighted by atomic mass is 11.0. The molecule has 1 aromatic heterocycles. The van der Waals surface area contributed by atoms with Crippen LogP contribution in [0.15, 0.2) is 12.4 Å². The molecule has 0 bridgehead atoms. The predicted octanol–water partition coefficient (Wildman–Crippen LogP) is -0.221. The van der Waals surface area contributed by atoms with E-state index in [1.165, 1.54) is 0 Å². The molecule has 4 N–H and O–H groups in total. The standard InChI is InChI=1S/C2H3N3.CH4N2.ClH/c1-2-4-5-3-1;2-1-3;/h1-2H,(H,3,4,5);1H,(H3,2,3);1H. The fraction of sp³-hybridized carbons (Fsp3) is 0. The van der Waals surface area contributed by atoms with Gasteiger partial charge in [-0.15, -0.1) is 12.4 Å². The maximum atomic E-state index is 5.86. The molecule has 0 aliphatic heterocycles. The Morgan fingerprint density at radius 3 is 1.89 bits per heavy atom. The zero-order chi connectivity index (χ0) is 6.24. The summed E-state index contributed by atoms with van der Waals surface area (Å²) in [6.45, 7) is 0. The first-order chi connectivity index (χ1) is 3.91. The third-order valence-electron chi connectivity index (χ3n) is 0.331. The van der Waals surface area contributed by atoms with E-state index in [-0.39, 0.29) is 12.4 Å². The first kappa shape index (κ1) is 10.8. The van der Waals surface area contributed by atoms with Gasteiger partial charge in [0.15, 0.2) is 0 Å². The van der Waals surface area contributed by atoms with Crippen molar-refractivity contribution in [3.8, 4) is 0 Å². The van der Waals surface area contributed by atoms with Gasteiger partial charge in [-0.25, -0.2) is 0 Å².